The monoisotopic (exact) mass is 298 g/mol. The van der Waals surface area contributed by atoms with Crippen molar-refractivity contribution in [2.24, 2.45) is 0 Å². The number of Topliss-reactive ketones (excluding diaryl/α,β-unsaturated/α-hetero) is 1. The normalized spacial score (nSPS) is 13.2. The summed E-state index contributed by atoms with van der Waals surface area (Å²) in [6.45, 7) is 2.03. The van der Waals surface area contributed by atoms with Crippen LogP contribution in [0.1, 0.15) is 17.5 Å². The van der Waals surface area contributed by atoms with Crippen LogP contribution in [0.4, 0.5) is 0 Å². The number of hydrogen-bond acceptors (Lipinski definition) is 1. The molecule has 0 N–H and O–H groups in total. The van der Waals surface area contributed by atoms with Crippen molar-refractivity contribution < 1.29 is 37.6 Å². The van der Waals surface area contributed by atoms with Gasteiger partial charge in [-0.2, -0.15) is 0 Å². The maximum absolute atomic E-state index is 11.0. The molecule has 0 saturated carbocycles. The molecular formula is C11H9ClOPd-. The number of halogens is 1. The molecule has 1 aliphatic rings. The Bertz CT molecular complexity index is 354. The Morgan fingerprint density at radius 3 is 2.14 bits per heavy atom. The second-order valence-electron chi connectivity index (χ2n) is 3.02. The Labute approximate surface area is 104 Å². The van der Waals surface area contributed by atoms with Gasteiger partial charge in [0.25, 0.3) is 0 Å². The predicted molar refractivity (Wildman–Crippen MR) is 47.5 cm³/mol. The van der Waals surface area contributed by atoms with Gasteiger partial charge in [0.15, 0.2) is 5.78 Å². The third-order valence-corrected chi connectivity index (χ3v) is 2.04. The first kappa shape index (κ1) is 13.6. The first-order valence-electron chi connectivity index (χ1n) is 3.98. The van der Waals surface area contributed by atoms with Gasteiger partial charge in [-0.25, -0.2) is 0 Å². The van der Waals surface area contributed by atoms with Crippen molar-refractivity contribution in [2.75, 3.05) is 0 Å². The van der Waals surface area contributed by atoms with Crippen LogP contribution in [0.3, 0.4) is 0 Å². The summed E-state index contributed by atoms with van der Waals surface area (Å²) in [6, 6.07) is 7.95. The van der Waals surface area contributed by atoms with Crippen molar-refractivity contribution in [3.05, 3.63) is 41.5 Å². The summed E-state index contributed by atoms with van der Waals surface area (Å²) in [4.78, 5) is 11.0. The molecule has 1 aliphatic carbocycles. The zero-order valence-corrected chi connectivity index (χ0v) is 9.93. The molecule has 0 spiro atoms. The second-order valence-corrected chi connectivity index (χ2v) is 3.02. The van der Waals surface area contributed by atoms with Gasteiger partial charge < -0.3 is 12.4 Å². The van der Waals surface area contributed by atoms with Crippen molar-refractivity contribution in [1.29, 1.82) is 0 Å². The van der Waals surface area contributed by atoms with Gasteiger partial charge in [0.05, 0.1) is 0 Å². The second kappa shape index (κ2) is 5.46. The molecule has 0 unspecified atom stereocenters. The molecule has 0 aromatic heterocycles. The topological polar surface area (TPSA) is 17.1 Å². The van der Waals surface area contributed by atoms with Crippen molar-refractivity contribution >= 4 is 11.4 Å². The van der Waals surface area contributed by atoms with Crippen LogP contribution in [0.5, 0.6) is 0 Å². The fourth-order valence-electron chi connectivity index (χ4n) is 1.23. The van der Waals surface area contributed by atoms with Gasteiger partial charge in [0.1, 0.15) is 0 Å². The molecule has 0 atom stereocenters. The van der Waals surface area contributed by atoms with Gasteiger partial charge in [0, 0.05) is 32.4 Å². The molecule has 0 heterocycles. The molecule has 77 valence electrons. The minimum Gasteiger partial charge on any atom is -1.00 e. The first-order chi connectivity index (χ1) is 5.77. The van der Waals surface area contributed by atoms with E-state index in [2.05, 4.69) is 6.08 Å². The van der Waals surface area contributed by atoms with Crippen LogP contribution in [0.25, 0.3) is 5.57 Å². The maximum Gasteiger partial charge on any atom is 0.168 e. The molecule has 1 radical (unpaired) electrons. The van der Waals surface area contributed by atoms with Crippen molar-refractivity contribution in [3.63, 3.8) is 0 Å². The number of aryl methyl sites for hydroxylation is 1. The molecule has 0 saturated heterocycles. The molecule has 1 nitrogen and oxygen atoms in total. The van der Waals surface area contributed by atoms with E-state index in [9.17, 15) is 4.79 Å². The van der Waals surface area contributed by atoms with Gasteiger partial charge in [0.2, 0.25) is 0 Å². The number of ketones is 1. The van der Waals surface area contributed by atoms with Crippen LogP contribution in [-0.2, 0) is 25.2 Å². The molecule has 0 amide bonds. The molecule has 0 aliphatic heterocycles. The summed E-state index contributed by atoms with van der Waals surface area (Å²) in [5, 5.41) is 0. The minimum absolute atomic E-state index is 0. The van der Waals surface area contributed by atoms with Crippen LogP contribution in [0.15, 0.2) is 24.3 Å². The van der Waals surface area contributed by atoms with Crippen LogP contribution in [0, 0.1) is 13.0 Å². The summed E-state index contributed by atoms with van der Waals surface area (Å²) in [7, 11) is 0. The molecular weight excluding hydrogens is 290 g/mol. The van der Waals surface area contributed by atoms with E-state index >= 15 is 0 Å². The fourth-order valence-corrected chi connectivity index (χ4v) is 1.23. The average Bonchev–Trinajstić information content (AvgIpc) is 2.06. The third-order valence-electron chi connectivity index (χ3n) is 2.04. The van der Waals surface area contributed by atoms with E-state index in [-0.39, 0.29) is 38.6 Å². The number of carbonyl (C=O) groups is 1. The van der Waals surface area contributed by atoms with E-state index in [1.54, 1.807) is 0 Å². The SMILES string of the molecule is Cc1ccc(C2=[C]CC2=O)cc1.[Cl-].[Pd]. The Morgan fingerprint density at radius 2 is 1.79 bits per heavy atom. The summed E-state index contributed by atoms with van der Waals surface area (Å²) >= 11 is 0. The summed E-state index contributed by atoms with van der Waals surface area (Å²) in [6.07, 6.45) is 3.49. The number of allylic oxidation sites excluding steroid dienone is 2. The Balaban J connectivity index is 0.000000845. The van der Waals surface area contributed by atoms with E-state index < -0.39 is 0 Å². The molecule has 14 heavy (non-hydrogen) atoms. The molecule has 3 heteroatoms. The molecule has 2 rings (SSSR count). The third kappa shape index (κ3) is 2.54. The zero-order valence-electron chi connectivity index (χ0n) is 7.62. The van der Waals surface area contributed by atoms with Crippen molar-refractivity contribution in [3.8, 4) is 0 Å². The summed E-state index contributed by atoms with van der Waals surface area (Å²) < 4.78 is 0. The Kier molecular flexibility index (Phi) is 5.30. The molecule has 0 bridgehead atoms. The smallest absolute Gasteiger partial charge is 0.168 e. The van der Waals surface area contributed by atoms with Gasteiger partial charge in [-0.1, -0.05) is 29.8 Å². The number of carbonyl (C=O) groups excluding carboxylic acids is 1. The molecule has 1 aromatic carbocycles. The van der Waals surface area contributed by atoms with Crippen molar-refractivity contribution in [2.45, 2.75) is 13.3 Å². The Morgan fingerprint density at radius 1 is 1.21 bits per heavy atom. The first-order valence-corrected chi connectivity index (χ1v) is 3.98. The van der Waals surface area contributed by atoms with Crippen LogP contribution in [0.2, 0.25) is 0 Å². The fraction of sp³-hybridized carbons (Fsp3) is 0.182. The number of benzene rings is 1. The van der Waals surface area contributed by atoms with Gasteiger partial charge in [-0.15, -0.1) is 0 Å². The van der Waals surface area contributed by atoms with E-state index in [4.69, 9.17) is 0 Å². The number of hydrogen-bond donors (Lipinski definition) is 0. The predicted octanol–water partition coefficient (Wildman–Crippen LogP) is -0.844. The summed E-state index contributed by atoms with van der Waals surface area (Å²) in [5.74, 6) is 0.207. The van der Waals surface area contributed by atoms with E-state index in [0.29, 0.717) is 6.42 Å². The standard InChI is InChI=1S/C11H9O.ClH.Pd/c1-8-2-4-9(5-3-8)10-6-7-11(10)12;;/h2-5H,7H2,1H3;1H;/p-1. The molecule has 0 fully saturated rings. The van der Waals surface area contributed by atoms with E-state index in [0.717, 1.165) is 11.1 Å². The van der Waals surface area contributed by atoms with Crippen LogP contribution >= 0.6 is 0 Å². The quantitative estimate of drug-likeness (QED) is 0.618. The molecule has 1 aromatic rings. The van der Waals surface area contributed by atoms with Crippen LogP contribution < -0.4 is 12.4 Å². The van der Waals surface area contributed by atoms with Crippen molar-refractivity contribution in [1.82, 2.24) is 0 Å². The maximum atomic E-state index is 11.0. The summed E-state index contributed by atoms with van der Waals surface area (Å²) in [5.41, 5.74) is 2.97. The van der Waals surface area contributed by atoms with E-state index in [1.165, 1.54) is 5.56 Å². The van der Waals surface area contributed by atoms with Gasteiger partial charge in [-0.3, -0.25) is 4.79 Å². The van der Waals surface area contributed by atoms with Crippen LogP contribution in [-0.4, -0.2) is 5.78 Å². The average molecular weight is 299 g/mol. The zero-order chi connectivity index (χ0) is 8.55. The largest absolute Gasteiger partial charge is 1.00 e. The van der Waals surface area contributed by atoms with E-state index in [1.807, 2.05) is 31.2 Å². The number of rotatable bonds is 1. The minimum atomic E-state index is 0. The van der Waals surface area contributed by atoms with Gasteiger partial charge in [-0.05, 0) is 18.6 Å². The Hall–Kier alpha value is -0.418. The van der Waals surface area contributed by atoms with Gasteiger partial charge >= 0.3 is 0 Å².